The molecule has 2 N–H and O–H groups in total. The van der Waals surface area contributed by atoms with Crippen LogP contribution in [0.2, 0.25) is 0 Å². The summed E-state index contributed by atoms with van der Waals surface area (Å²) in [6.45, 7) is 5.61. The molecule has 0 unspecified atom stereocenters. The molecule has 3 aromatic rings. The second-order valence-electron chi connectivity index (χ2n) is 6.81. The number of hydrogen-bond donors (Lipinski definition) is 2. The van der Waals surface area contributed by atoms with Crippen LogP contribution in [0.1, 0.15) is 29.8 Å². The van der Waals surface area contributed by atoms with Crippen LogP contribution < -0.4 is 15.4 Å². The molecule has 1 atom stereocenters. The van der Waals surface area contributed by atoms with Crippen molar-refractivity contribution in [3.8, 4) is 11.4 Å². The van der Waals surface area contributed by atoms with Crippen molar-refractivity contribution in [3.05, 3.63) is 71.4 Å². The highest BCUT2D eigenvalue weighted by atomic mass is 16.5. The van der Waals surface area contributed by atoms with Gasteiger partial charge in [0.15, 0.2) is 0 Å². The van der Waals surface area contributed by atoms with E-state index >= 15 is 0 Å². The molecule has 150 valence electrons. The third-order valence-electron chi connectivity index (χ3n) is 4.51. The Balaban J connectivity index is 1.73. The molecule has 29 heavy (non-hydrogen) atoms. The molecule has 0 saturated heterocycles. The van der Waals surface area contributed by atoms with Crippen molar-refractivity contribution in [1.82, 2.24) is 15.1 Å². The average molecular weight is 392 g/mol. The van der Waals surface area contributed by atoms with Gasteiger partial charge in [-0.3, -0.25) is 9.59 Å². The number of methoxy groups -OCH3 is 1. The molecule has 0 aliphatic rings. The predicted molar refractivity (Wildman–Crippen MR) is 111 cm³/mol. The van der Waals surface area contributed by atoms with E-state index in [-0.39, 0.29) is 0 Å². The summed E-state index contributed by atoms with van der Waals surface area (Å²) in [5, 5.41) is 9.76. The maximum atomic E-state index is 12.5. The van der Waals surface area contributed by atoms with E-state index in [1.807, 2.05) is 56.3 Å². The number of ether oxygens (including phenoxy) is 1. The van der Waals surface area contributed by atoms with Crippen molar-refractivity contribution >= 4 is 17.6 Å². The molecule has 2 amide bonds. The van der Waals surface area contributed by atoms with Gasteiger partial charge in [-0.1, -0.05) is 35.9 Å². The highest BCUT2D eigenvalue weighted by molar-refractivity contribution is 6.39. The number of hydrogen-bond acceptors (Lipinski definition) is 4. The molecule has 7 heteroatoms. The Labute approximate surface area is 169 Å². The van der Waals surface area contributed by atoms with Gasteiger partial charge in [-0.2, -0.15) is 5.10 Å². The normalized spacial score (nSPS) is 11.6. The second-order valence-corrected chi connectivity index (χ2v) is 6.81. The standard InChI is InChI=1S/C22H24N4O3/c1-14-9-11-17(12-10-14)26-20(13-15(2)25-26)24-22(28)21(27)23-16(3)18-7-5-6-8-19(18)29-4/h5-13,16H,1-4H3,(H,23,27)(H,24,28)/t16-/m0/s1. The van der Waals surface area contributed by atoms with Crippen LogP contribution in [0.15, 0.2) is 54.6 Å². The maximum absolute atomic E-state index is 12.5. The van der Waals surface area contributed by atoms with E-state index in [0.29, 0.717) is 11.6 Å². The summed E-state index contributed by atoms with van der Waals surface area (Å²) in [5.41, 5.74) is 3.43. The van der Waals surface area contributed by atoms with Gasteiger partial charge < -0.3 is 15.4 Å². The number of carbonyl (C=O) groups excluding carboxylic acids is 2. The number of carbonyl (C=O) groups is 2. The molecule has 1 heterocycles. The van der Waals surface area contributed by atoms with Crippen molar-refractivity contribution < 1.29 is 14.3 Å². The molecule has 2 aromatic carbocycles. The molecule has 7 nitrogen and oxygen atoms in total. The third kappa shape index (κ3) is 4.63. The lowest BCUT2D eigenvalue weighted by molar-refractivity contribution is -0.136. The largest absolute Gasteiger partial charge is 0.496 e. The van der Waals surface area contributed by atoms with E-state index in [1.165, 1.54) is 0 Å². The first kappa shape index (κ1) is 20.1. The zero-order chi connectivity index (χ0) is 21.0. The van der Waals surface area contributed by atoms with Crippen LogP contribution in [0.3, 0.4) is 0 Å². The molecule has 1 aromatic heterocycles. The lowest BCUT2D eigenvalue weighted by Crippen LogP contribution is -2.37. The van der Waals surface area contributed by atoms with Crippen LogP contribution >= 0.6 is 0 Å². The van der Waals surface area contributed by atoms with Gasteiger partial charge in [0.2, 0.25) is 0 Å². The number of nitrogens with one attached hydrogen (secondary N) is 2. The zero-order valence-electron chi connectivity index (χ0n) is 16.9. The molecule has 0 aliphatic heterocycles. The number of aryl methyl sites for hydroxylation is 2. The first-order valence-electron chi connectivity index (χ1n) is 9.27. The molecule has 3 rings (SSSR count). The van der Waals surface area contributed by atoms with Gasteiger partial charge >= 0.3 is 11.8 Å². The van der Waals surface area contributed by atoms with Crippen LogP contribution in [0, 0.1) is 13.8 Å². The molecular formula is C22H24N4O3. The number of benzene rings is 2. The van der Waals surface area contributed by atoms with Crippen LogP contribution in [-0.2, 0) is 9.59 Å². The van der Waals surface area contributed by atoms with Crippen LogP contribution in [-0.4, -0.2) is 28.7 Å². The quantitative estimate of drug-likeness (QED) is 0.653. The average Bonchev–Trinajstić information content (AvgIpc) is 3.08. The first-order valence-corrected chi connectivity index (χ1v) is 9.27. The summed E-state index contributed by atoms with van der Waals surface area (Å²) in [6.07, 6.45) is 0. The van der Waals surface area contributed by atoms with Crippen molar-refractivity contribution in [3.63, 3.8) is 0 Å². The number of aromatic nitrogens is 2. The Morgan fingerprint density at radius 1 is 1.03 bits per heavy atom. The van der Waals surface area contributed by atoms with E-state index in [2.05, 4.69) is 15.7 Å². The van der Waals surface area contributed by atoms with E-state index in [4.69, 9.17) is 4.74 Å². The lowest BCUT2D eigenvalue weighted by atomic mass is 10.1. The Bertz CT molecular complexity index is 1020. The lowest BCUT2D eigenvalue weighted by Gasteiger charge is -2.17. The van der Waals surface area contributed by atoms with Gasteiger partial charge in [0.1, 0.15) is 11.6 Å². The fraction of sp³-hybridized carbons (Fsp3) is 0.227. The number of para-hydroxylation sites is 1. The van der Waals surface area contributed by atoms with Crippen LogP contribution in [0.4, 0.5) is 5.82 Å². The van der Waals surface area contributed by atoms with Gasteiger partial charge in [0.05, 0.1) is 24.5 Å². The molecular weight excluding hydrogens is 368 g/mol. The van der Waals surface area contributed by atoms with Gasteiger partial charge in [-0.25, -0.2) is 4.68 Å². The predicted octanol–water partition coefficient (Wildman–Crippen LogP) is 3.31. The van der Waals surface area contributed by atoms with Crippen LogP contribution in [0.25, 0.3) is 5.69 Å². The minimum Gasteiger partial charge on any atom is -0.496 e. The fourth-order valence-corrected chi connectivity index (χ4v) is 3.01. The van der Waals surface area contributed by atoms with Gasteiger partial charge in [0.25, 0.3) is 0 Å². The molecule has 0 fully saturated rings. The molecule has 0 radical (unpaired) electrons. The minimum absolute atomic E-state index is 0.395. The summed E-state index contributed by atoms with van der Waals surface area (Å²) in [4.78, 5) is 24.9. The highest BCUT2D eigenvalue weighted by Gasteiger charge is 2.21. The summed E-state index contributed by atoms with van der Waals surface area (Å²) in [6, 6.07) is 16.4. The fourth-order valence-electron chi connectivity index (χ4n) is 3.01. The molecule has 0 aliphatic carbocycles. The topological polar surface area (TPSA) is 85.2 Å². The van der Waals surface area contributed by atoms with E-state index in [1.54, 1.807) is 30.8 Å². The van der Waals surface area contributed by atoms with Gasteiger partial charge in [-0.05, 0) is 39.0 Å². The highest BCUT2D eigenvalue weighted by Crippen LogP contribution is 2.24. The number of nitrogens with zero attached hydrogens (tertiary/aromatic N) is 2. The molecule has 0 bridgehead atoms. The Kier molecular flexibility index (Phi) is 5.97. The maximum Gasteiger partial charge on any atom is 0.314 e. The van der Waals surface area contributed by atoms with E-state index < -0.39 is 17.9 Å². The SMILES string of the molecule is COc1ccccc1[C@H](C)NC(=O)C(=O)Nc1cc(C)nn1-c1ccc(C)cc1. The first-order chi connectivity index (χ1) is 13.9. The summed E-state index contributed by atoms with van der Waals surface area (Å²) >= 11 is 0. The minimum atomic E-state index is -0.764. The number of rotatable bonds is 5. The number of amides is 2. The third-order valence-corrected chi connectivity index (χ3v) is 4.51. The van der Waals surface area contributed by atoms with Gasteiger partial charge in [0, 0.05) is 11.6 Å². The second kappa shape index (κ2) is 8.60. The van der Waals surface area contributed by atoms with Crippen molar-refractivity contribution in [2.24, 2.45) is 0 Å². The molecule has 0 saturated carbocycles. The zero-order valence-corrected chi connectivity index (χ0v) is 16.9. The van der Waals surface area contributed by atoms with Crippen LogP contribution in [0.5, 0.6) is 5.75 Å². The smallest absolute Gasteiger partial charge is 0.314 e. The Hall–Kier alpha value is -3.61. The summed E-state index contributed by atoms with van der Waals surface area (Å²) in [5.74, 6) is -0.428. The summed E-state index contributed by atoms with van der Waals surface area (Å²) < 4.78 is 6.92. The monoisotopic (exact) mass is 392 g/mol. The summed E-state index contributed by atoms with van der Waals surface area (Å²) in [7, 11) is 1.56. The van der Waals surface area contributed by atoms with E-state index in [9.17, 15) is 9.59 Å². The van der Waals surface area contributed by atoms with Crippen molar-refractivity contribution in [2.45, 2.75) is 26.8 Å². The molecule has 0 spiro atoms. The van der Waals surface area contributed by atoms with Gasteiger partial charge in [-0.15, -0.1) is 0 Å². The van der Waals surface area contributed by atoms with E-state index in [0.717, 1.165) is 22.5 Å². The van der Waals surface area contributed by atoms with Crippen molar-refractivity contribution in [2.75, 3.05) is 12.4 Å². The Morgan fingerprint density at radius 3 is 2.41 bits per heavy atom. The Morgan fingerprint density at radius 2 is 1.72 bits per heavy atom. The van der Waals surface area contributed by atoms with Crippen molar-refractivity contribution in [1.29, 1.82) is 0 Å². The number of anilines is 1.